The van der Waals surface area contributed by atoms with Crippen molar-refractivity contribution in [3.05, 3.63) is 21.3 Å². The summed E-state index contributed by atoms with van der Waals surface area (Å²) >= 11 is 2.32. The van der Waals surface area contributed by atoms with E-state index in [0.29, 0.717) is 0 Å². The van der Waals surface area contributed by atoms with Crippen LogP contribution in [0.25, 0.3) is 0 Å². The molecule has 0 unspecified atom stereocenters. The van der Waals surface area contributed by atoms with Gasteiger partial charge in [0.1, 0.15) is 0 Å². The van der Waals surface area contributed by atoms with Gasteiger partial charge in [-0.1, -0.05) is 0 Å². The first-order valence-electron chi connectivity index (χ1n) is 4.78. The molecule has 0 fully saturated rings. The molecular weight excluding hydrogens is 305 g/mol. The first-order valence-corrected chi connectivity index (χ1v) is 5.85. The Balaban J connectivity index is 2.97. The van der Waals surface area contributed by atoms with Crippen LogP contribution < -0.4 is 14.8 Å². The number of hydrogen-bond acceptors (Lipinski definition) is 3. The van der Waals surface area contributed by atoms with E-state index in [4.69, 9.17) is 9.47 Å². The highest BCUT2D eigenvalue weighted by Gasteiger charge is 2.08. The summed E-state index contributed by atoms with van der Waals surface area (Å²) in [5.74, 6) is 1.58. The Morgan fingerprint density at radius 3 is 2.33 bits per heavy atom. The minimum absolute atomic E-state index is 0.787. The third-order valence-electron chi connectivity index (χ3n) is 2.20. The van der Waals surface area contributed by atoms with Crippen molar-refractivity contribution >= 4 is 22.6 Å². The van der Waals surface area contributed by atoms with Gasteiger partial charge < -0.3 is 14.8 Å². The van der Waals surface area contributed by atoms with Gasteiger partial charge in [-0.15, -0.1) is 0 Å². The number of ether oxygens (including phenoxy) is 2. The SMILES string of the molecule is CNCCc1cc(OC)c(OC)cc1I. The van der Waals surface area contributed by atoms with Crippen molar-refractivity contribution in [1.29, 1.82) is 0 Å². The third kappa shape index (κ3) is 3.24. The van der Waals surface area contributed by atoms with E-state index in [1.807, 2.05) is 19.2 Å². The molecule has 84 valence electrons. The highest BCUT2D eigenvalue weighted by atomic mass is 127. The minimum atomic E-state index is 0.787. The average molecular weight is 321 g/mol. The highest BCUT2D eigenvalue weighted by molar-refractivity contribution is 14.1. The number of methoxy groups -OCH3 is 2. The van der Waals surface area contributed by atoms with Gasteiger partial charge in [-0.05, 0) is 60.3 Å². The van der Waals surface area contributed by atoms with Crippen molar-refractivity contribution in [3.8, 4) is 11.5 Å². The van der Waals surface area contributed by atoms with Gasteiger partial charge in [-0.2, -0.15) is 0 Å². The highest BCUT2D eigenvalue weighted by Crippen LogP contribution is 2.31. The first kappa shape index (κ1) is 12.6. The van der Waals surface area contributed by atoms with Crippen LogP contribution in [0.4, 0.5) is 0 Å². The van der Waals surface area contributed by atoms with E-state index in [1.165, 1.54) is 9.13 Å². The van der Waals surface area contributed by atoms with Gasteiger partial charge in [0.05, 0.1) is 14.2 Å². The molecule has 0 aliphatic rings. The molecule has 0 bridgehead atoms. The smallest absolute Gasteiger partial charge is 0.161 e. The Hall–Kier alpha value is -0.490. The molecule has 0 radical (unpaired) electrons. The number of benzene rings is 1. The number of hydrogen-bond donors (Lipinski definition) is 1. The zero-order valence-electron chi connectivity index (χ0n) is 9.26. The maximum atomic E-state index is 5.26. The van der Waals surface area contributed by atoms with Crippen LogP contribution in [0, 0.1) is 3.57 Å². The van der Waals surface area contributed by atoms with E-state index >= 15 is 0 Å². The van der Waals surface area contributed by atoms with Crippen LogP contribution in [0.15, 0.2) is 12.1 Å². The lowest BCUT2D eigenvalue weighted by Gasteiger charge is -2.11. The predicted molar refractivity (Wildman–Crippen MR) is 69.9 cm³/mol. The van der Waals surface area contributed by atoms with Crippen LogP contribution >= 0.6 is 22.6 Å². The summed E-state index contributed by atoms with van der Waals surface area (Å²) in [4.78, 5) is 0. The number of nitrogens with one attached hydrogen (secondary N) is 1. The lowest BCUT2D eigenvalue weighted by Crippen LogP contribution is -2.11. The Kier molecular flexibility index (Phi) is 5.17. The summed E-state index contributed by atoms with van der Waals surface area (Å²) in [6.07, 6.45) is 0.995. The largest absolute Gasteiger partial charge is 0.493 e. The molecule has 1 aromatic carbocycles. The summed E-state index contributed by atoms with van der Waals surface area (Å²) in [5.41, 5.74) is 1.28. The lowest BCUT2D eigenvalue weighted by molar-refractivity contribution is 0.354. The maximum absolute atomic E-state index is 5.26. The van der Waals surface area contributed by atoms with Crippen LogP contribution in [0.2, 0.25) is 0 Å². The monoisotopic (exact) mass is 321 g/mol. The van der Waals surface area contributed by atoms with Crippen molar-refractivity contribution in [2.24, 2.45) is 0 Å². The maximum Gasteiger partial charge on any atom is 0.161 e. The molecule has 4 heteroatoms. The third-order valence-corrected chi connectivity index (χ3v) is 3.20. The molecule has 0 aliphatic carbocycles. The van der Waals surface area contributed by atoms with Crippen molar-refractivity contribution in [1.82, 2.24) is 5.32 Å². The fraction of sp³-hybridized carbons (Fsp3) is 0.455. The lowest BCUT2D eigenvalue weighted by atomic mass is 10.1. The predicted octanol–water partition coefficient (Wildman–Crippen LogP) is 2.07. The van der Waals surface area contributed by atoms with Gasteiger partial charge in [0.15, 0.2) is 11.5 Å². The summed E-state index contributed by atoms with van der Waals surface area (Å²) in [6, 6.07) is 4.04. The van der Waals surface area contributed by atoms with E-state index in [0.717, 1.165) is 24.5 Å². The van der Waals surface area contributed by atoms with Gasteiger partial charge >= 0.3 is 0 Å². The Labute approximate surface area is 104 Å². The summed E-state index contributed by atoms with van der Waals surface area (Å²) in [5, 5.41) is 3.13. The summed E-state index contributed by atoms with van der Waals surface area (Å²) in [7, 11) is 5.27. The molecule has 1 aromatic rings. The fourth-order valence-corrected chi connectivity index (χ4v) is 2.06. The molecule has 0 aliphatic heterocycles. The first-order chi connectivity index (χ1) is 7.22. The van der Waals surface area contributed by atoms with Crippen LogP contribution in [-0.4, -0.2) is 27.8 Å². The van der Waals surface area contributed by atoms with Gasteiger partial charge in [-0.25, -0.2) is 0 Å². The fourth-order valence-electron chi connectivity index (χ4n) is 1.35. The molecule has 0 saturated carbocycles. The van der Waals surface area contributed by atoms with Crippen molar-refractivity contribution in [3.63, 3.8) is 0 Å². The van der Waals surface area contributed by atoms with Crippen LogP contribution in [-0.2, 0) is 6.42 Å². The van der Waals surface area contributed by atoms with Crippen molar-refractivity contribution in [2.75, 3.05) is 27.8 Å². The number of halogens is 1. The standard InChI is InChI=1S/C11H16INO2/c1-13-5-4-8-6-10(14-2)11(15-3)7-9(8)12/h6-7,13H,4-5H2,1-3H3. The molecule has 0 atom stereocenters. The molecule has 0 spiro atoms. The molecule has 1 N–H and O–H groups in total. The van der Waals surface area contributed by atoms with E-state index in [2.05, 4.69) is 27.9 Å². The molecule has 15 heavy (non-hydrogen) atoms. The second-order valence-corrected chi connectivity index (χ2v) is 4.31. The second kappa shape index (κ2) is 6.17. The molecule has 1 rings (SSSR count). The quantitative estimate of drug-likeness (QED) is 0.842. The van der Waals surface area contributed by atoms with Gasteiger partial charge in [0, 0.05) is 3.57 Å². The molecular formula is C11H16INO2. The minimum Gasteiger partial charge on any atom is -0.493 e. The number of rotatable bonds is 5. The van der Waals surface area contributed by atoms with E-state index in [1.54, 1.807) is 14.2 Å². The Morgan fingerprint density at radius 2 is 1.80 bits per heavy atom. The van der Waals surface area contributed by atoms with E-state index < -0.39 is 0 Å². The van der Waals surface area contributed by atoms with Gasteiger partial charge in [-0.3, -0.25) is 0 Å². The second-order valence-electron chi connectivity index (χ2n) is 3.15. The molecule has 0 heterocycles. The van der Waals surface area contributed by atoms with Gasteiger partial charge in [0.25, 0.3) is 0 Å². The Morgan fingerprint density at radius 1 is 1.20 bits per heavy atom. The molecule has 3 nitrogen and oxygen atoms in total. The zero-order valence-corrected chi connectivity index (χ0v) is 11.4. The van der Waals surface area contributed by atoms with Crippen LogP contribution in [0.1, 0.15) is 5.56 Å². The van der Waals surface area contributed by atoms with Crippen LogP contribution in [0.5, 0.6) is 11.5 Å². The summed E-state index contributed by atoms with van der Waals surface area (Å²) in [6.45, 7) is 0.964. The summed E-state index contributed by atoms with van der Waals surface area (Å²) < 4.78 is 11.7. The molecule has 0 saturated heterocycles. The average Bonchev–Trinajstić information content (AvgIpc) is 2.27. The topological polar surface area (TPSA) is 30.5 Å². The molecule has 0 amide bonds. The number of likely N-dealkylation sites (N-methyl/N-ethyl adjacent to an activating group) is 1. The zero-order chi connectivity index (χ0) is 11.3. The van der Waals surface area contributed by atoms with Crippen LogP contribution in [0.3, 0.4) is 0 Å². The van der Waals surface area contributed by atoms with E-state index in [-0.39, 0.29) is 0 Å². The van der Waals surface area contributed by atoms with Gasteiger partial charge in [0.2, 0.25) is 0 Å². The molecule has 0 aromatic heterocycles. The van der Waals surface area contributed by atoms with Crippen molar-refractivity contribution in [2.45, 2.75) is 6.42 Å². The normalized spacial score (nSPS) is 10.1. The van der Waals surface area contributed by atoms with E-state index in [9.17, 15) is 0 Å². The van der Waals surface area contributed by atoms with Crippen molar-refractivity contribution < 1.29 is 9.47 Å². The Bertz CT molecular complexity index is 329.